The minimum Gasteiger partial charge on any atom is -0.304 e. The minimum atomic E-state index is 0.0992. The number of amides is 1. The largest absolute Gasteiger partial charge is 0.415 e. The van der Waals surface area contributed by atoms with E-state index in [4.69, 9.17) is 0 Å². The Morgan fingerprint density at radius 3 is 2.93 bits per heavy atom. The molecule has 1 aliphatic heterocycles. The van der Waals surface area contributed by atoms with Crippen molar-refractivity contribution in [3.63, 3.8) is 0 Å². The molecule has 0 spiro atoms. The second-order valence-corrected chi connectivity index (χ2v) is 4.46. The van der Waals surface area contributed by atoms with Crippen LogP contribution < -0.4 is 4.57 Å². The second-order valence-electron chi connectivity index (χ2n) is 4.46. The van der Waals surface area contributed by atoms with Crippen molar-refractivity contribution in [2.24, 2.45) is 13.0 Å². The van der Waals surface area contributed by atoms with Crippen LogP contribution in [0.3, 0.4) is 0 Å². The highest BCUT2D eigenvalue weighted by Crippen LogP contribution is 2.15. The lowest BCUT2D eigenvalue weighted by Gasteiger charge is -2.28. The zero-order chi connectivity index (χ0) is 10.8. The molecule has 0 saturated carbocycles. The van der Waals surface area contributed by atoms with Gasteiger partial charge in [-0.15, -0.1) is 0 Å². The van der Waals surface area contributed by atoms with Crippen LogP contribution >= 0.6 is 0 Å². The van der Waals surface area contributed by atoms with Crippen LogP contribution in [0.25, 0.3) is 0 Å². The molecule has 1 aromatic heterocycles. The maximum atomic E-state index is 12.0. The monoisotopic (exact) mass is 208 g/mol. The summed E-state index contributed by atoms with van der Waals surface area (Å²) in [4.78, 5) is 14.0. The van der Waals surface area contributed by atoms with Crippen molar-refractivity contribution in [1.82, 2.24) is 9.47 Å². The molecule has 82 valence electrons. The van der Waals surface area contributed by atoms with Gasteiger partial charge in [-0.05, 0) is 18.8 Å². The van der Waals surface area contributed by atoms with Crippen molar-refractivity contribution in [2.75, 3.05) is 13.1 Å². The lowest BCUT2D eigenvalue weighted by atomic mass is 10.0. The van der Waals surface area contributed by atoms with Gasteiger partial charge in [-0.25, -0.2) is 9.36 Å². The summed E-state index contributed by atoms with van der Waals surface area (Å²) in [6.45, 7) is 3.99. The molecule has 15 heavy (non-hydrogen) atoms. The van der Waals surface area contributed by atoms with Crippen LogP contribution in [0.1, 0.15) is 19.8 Å². The van der Waals surface area contributed by atoms with E-state index in [0.717, 1.165) is 19.5 Å². The number of likely N-dealkylation sites (tertiary alicyclic amines) is 1. The number of piperidine rings is 1. The summed E-state index contributed by atoms with van der Waals surface area (Å²) in [6, 6.07) is 0.0992. The summed E-state index contributed by atoms with van der Waals surface area (Å²) in [5.74, 6) is 0.631. The van der Waals surface area contributed by atoms with Gasteiger partial charge in [-0.1, -0.05) is 6.92 Å². The van der Waals surface area contributed by atoms with Gasteiger partial charge in [0.25, 0.3) is 6.33 Å². The summed E-state index contributed by atoms with van der Waals surface area (Å²) in [5.41, 5.74) is 0. The SMILES string of the molecule is CC1CCCN(C(=O)n2cc[n+](C)c2)C1. The summed E-state index contributed by atoms with van der Waals surface area (Å²) in [7, 11) is 1.92. The first-order valence-corrected chi connectivity index (χ1v) is 5.49. The minimum absolute atomic E-state index is 0.0992. The van der Waals surface area contributed by atoms with Crippen LogP contribution in [0.5, 0.6) is 0 Å². The lowest BCUT2D eigenvalue weighted by Crippen LogP contribution is -2.41. The first kappa shape index (κ1) is 10.2. The zero-order valence-corrected chi connectivity index (χ0v) is 9.39. The standard InChI is InChI=1S/C11H18N3O/c1-10-4-3-5-13(8-10)11(15)14-7-6-12(2)9-14/h6-7,9-10H,3-5,8H2,1-2H3/q+1. The Labute approximate surface area is 90.1 Å². The molecule has 2 rings (SSSR count). The first-order chi connectivity index (χ1) is 7.16. The molecule has 1 fully saturated rings. The highest BCUT2D eigenvalue weighted by atomic mass is 16.2. The Morgan fingerprint density at radius 2 is 2.33 bits per heavy atom. The van der Waals surface area contributed by atoms with E-state index in [2.05, 4.69) is 6.92 Å². The molecule has 1 aliphatic rings. The molecule has 2 heterocycles. The van der Waals surface area contributed by atoms with Gasteiger partial charge in [-0.3, -0.25) is 0 Å². The third kappa shape index (κ3) is 2.19. The molecule has 1 aromatic rings. The number of aromatic nitrogens is 2. The zero-order valence-electron chi connectivity index (χ0n) is 9.39. The van der Waals surface area contributed by atoms with Crippen LogP contribution in [-0.4, -0.2) is 28.6 Å². The van der Waals surface area contributed by atoms with Crippen molar-refractivity contribution in [2.45, 2.75) is 19.8 Å². The lowest BCUT2D eigenvalue weighted by molar-refractivity contribution is -0.670. The topological polar surface area (TPSA) is 29.1 Å². The number of aryl methyl sites for hydroxylation is 1. The van der Waals surface area contributed by atoms with Gasteiger partial charge in [0.05, 0.1) is 7.05 Å². The quantitative estimate of drug-likeness (QED) is 0.585. The van der Waals surface area contributed by atoms with Crippen molar-refractivity contribution >= 4 is 6.03 Å². The molecule has 1 atom stereocenters. The Balaban J connectivity index is 2.07. The fraction of sp³-hybridized carbons (Fsp3) is 0.636. The van der Waals surface area contributed by atoms with Gasteiger partial charge >= 0.3 is 6.03 Å². The predicted octanol–water partition coefficient (Wildman–Crippen LogP) is 1.01. The van der Waals surface area contributed by atoms with Gasteiger partial charge in [0, 0.05) is 13.1 Å². The molecule has 0 aliphatic carbocycles. The molecule has 0 N–H and O–H groups in total. The van der Waals surface area contributed by atoms with E-state index in [9.17, 15) is 4.79 Å². The van der Waals surface area contributed by atoms with Crippen LogP contribution in [0.15, 0.2) is 18.7 Å². The van der Waals surface area contributed by atoms with E-state index in [1.165, 1.54) is 6.42 Å². The fourth-order valence-corrected chi connectivity index (χ4v) is 2.09. The smallest absolute Gasteiger partial charge is 0.304 e. The summed E-state index contributed by atoms with van der Waals surface area (Å²) in [5, 5.41) is 0. The number of nitrogens with zero attached hydrogens (tertiary/aromatic N) is 3. The number of hydrogen-bond donors (Lipinski definition) is 0. The van der Waals surface area contributed by atoms with Gasteiger partial charge in [-0.2, -0.15) is 4.57 Å². The summed E-state index contributed by atoms with van der Waals surface area (Å²) < 4.78 is 3.53. The molecule has 1 unspecified atom stereocenters. The molecule has 4 nitrogen and oxygen atoms in total. The van der Waals surface area contributed by atoms with Crippen molar-refractivity contribution in [3.8, 4) is 0 Å². The number of hydrogen-bond acceptors (Lipinski definition) is 1. The summed E-state index contributed by atoms with van der Waals surface area (Å²) >= 11 is 0. The highest BCUT2D eigenvalue weighted by Gasteiger charge is 2.25. The van der Waals surface area contributed by atoms with Crippen LogP contribution in [0, 0.1) is 5.92 Å². The van der Waals surface area contributed by atoms with E-state index < -0.39 is 0 Å². The molecular weight excluding hydrogens is 190 g/mol. The molecule has 1 saturated heterocycles. The van der Waals surface area contributed by atoms with Gasteiger partial charge in [0.2, 0.25) is 0 Å². The maximum Gasteiger partial charge on any atom is 0.415 e. The molecular formula is C11H18N3O+. The van der Waals surface area contributed by atoms with E-state index in [1.54, 1.807) is 4.57 Å². The Kier molecular flexibility index (Phi) is 2.75. The number of carbonyl (C=O) groups is 1. The van der Waals surface area contributed by atoms with Crippen LogP contribution in [0.4, 0.5) is 4.79 Å². The number of carbonyl (C=O) groups excluding carboxylic acids is 1. The van der Waals surface area contributed by atoms with Crippen molar-refractivity contribution in [3.05, 3.63) is 18.7 Å². The second kappa shape index (κ2) is 4.04. The molecule has 4 heteroatoms. The van der Waals surface area contributed by atoms with Crippen LogP contribution in [-0.2, 0) is 7.05 Å². The fourth-order valence-electron chi connectivity index (χ4n) is 2.09. The van der Waals surface area contributed by atoms with Gasteiger partial charge in [0.1, 0.15) is 12.4 Å². The Hall–Kier alpha value is -1.32. The van der Waals surface area contributed by atoms with Gasteiger partial charge in [0.15, 0.2) is 0 Å². The first-order valence-electron chi connectivity index (χ1n) is 5.49. The van der Waals surface area contributed by atoms with Gasteiger partial charge < -0.3 is 4.90 Å². The molecule has 0 radical (unpaired) electrons. The molecule has 0 bridgehead atoms. The predicted molar refractivity (Wildman–Crippen MR) is 56.4 cm³/mol. The maximum absolute atomic E-state index is 12.0. The van der Waals surface area contributed by atoms with Crippen molar-refractivity contribution < 1.29 is 9.36 Å². The average Bonchev–Trinajstić information content (AvgIpc) is 2.64. The average molecular weight is 208 g/mol. The third-order valence-electron chi connectivity index (χ3n) is 2.92. The molecule has 1 amide bonds. The van der Waals surface area contributed by atoms with E-state index in [1.807, 2.05) is 35.2 Å². The Morgan fingerprint density at radius 1 is 1.53 bits per heavy atom. The van der Waals surface area contributed by atoms with E-state index in [-0.39, 0.29) is 6.03 Å². The van der Waals surface area contributed by atoms with Crippen LogP contribution in [0.2, 0.25) is 0 Å². The highest BCUT2D eigenvalue weighted by molar-refractivity contribution is 5.76. The molecule has 0 aromatic carbocycles. The van der Waals surface area contributed by atoms with Crippen molar-refractivity contribution in [1.29, 1.82) is 0 Å². The third-order valence-corrected chi connectivity index (χ3v) is 2.92. The number of imidazole rings is 1. The normalized spacial score (nSPS) is 21.7. The summed E-state index contributed by atoms with van der Waals surface area (Å²) in [6.07, 6.45) is 7.86. The number of rotatable bonds is 0. The van der Waals surface area contributed by atoms with E-state index in [0.29, 0.717) is 5.92 Å². The Bertz CT molecular complexity index is 358. The van der Waals surface area contributed by atoms with E-state index >= 15 is 0 Å².